The van der Waals surface area contributed by atoms with Crippen molar-refractivity contribution in [3.8, 4) is 0 Å². The number of hydrogen-bond acceptors (Lipinski definition) is 9. The van der Waals surface area contributed by atoms with Gasteiger partial charge in [-0.25, -0.2) is 22.8 Å². The SMILES string of the molecule is O=C1N[C@]2(C(=O)NS(=O)(=O)c3ccc(Cl)s3)C[C@H]2/C=C\CCCCC[C@H](NCl)C(=O)N2C[C@H](OC(=O)N3Cc4cccc(Cl)c4C3)C[C@@H]12. The van der Waals surface area contributed by atoms with Crippen molar-refractivity contribution in [3.05, 3.63) is 63.0 Å². The molecule has 1 aliphatic carbocycles. The lowest BCUT2D eigenvalue weighted by Gasteiger charge is -2.29. The van der Waals surface area contributed by atoms with Crippen molar-refractivity contribution in [1.82, 2.24) is 24.7 Å². The number of sulfonamides is 1. The lowest BCUT2D eigenvalue weighted by Crippen LogP contribution is -2.57. The molecule has 4 amide bonds. The van der Waals surface area contributed by atoms with Crippen LogP contribution in [-0.2, 0) is 42.2 Å². The molecular weight excluding hydrogens is 725 g/mol. The van der Waals surface area contributed by atoms with Crippen molar-refractivity contribution in [2.45, 2.75) is 86.0 Å². The Bertz CT molecular complexity index is 1750. The van der Waals surface area contributed by atoms with Crippen molar-refractivity contribution < 1.29 is 32.3 Å². The predicted molar refractivity (Wildman–Crippen MR) is 180 cm³/mol. The van der Waals surface area contributed by atoms with Gasteiger partial charge < -0.3 is 15.0 Å². The highest BCUT2D eigenvalue weighted by Gasteiger charge is 2.61. The first-order chi connectivity index (χ1) is 22.9. The van der Waals surface area contributed by atoms with Crippen molar-refractivity contribution in [3.63, 3.8) is 0 Å². The highest BCUT2D eigenvalue weighted by Crippen LogP contribution is 2.46. The molecule has 1 aromatic heterocycles. The second kappa shape index (κ2) is 14.2. The van der Waals surface area contributed by atoms with E-state index < -0.39 is 63.5 Å². The first-order valence-electron chi connectivity index (χ1n) is 15.6. The summed E-state index contributed by atoms with van der Waals surface area (Å²) in [6.07, 6.45) is 5.87. The van der Waals surface area contributed by atoms with Gasteiger partial charge >= 0.3 is 6.09 Å². The van der Waals surface area contributed by atoms with E-state index in [1.807, 2.05) is 24.3 Å². The van der Waals surface area contributed by atoms with Gasteiger partial charge in [-0.05, 0) is 66.8 Å². The summed E-state index contributed by atoms with van der Waals surface area (Å²) in [6.45, 7) is 0.493. The third kappa shape index (κ3) is 7.19. The highest BCUT2D eigenvalue weighted by molar-refractivity contribution is 7.92. The second-order valence-corrected chi connectivity index (χ2v) is 16.7. The van der Waals surface area contributed by atoms with E-state index in [0.717, 1.165) is 35.3 Å². The molecule has 6 rings (SSSR count). The number of thiophene rings is 1. The van der Waals surface area contributed by atoms with Gasteiger partial charge in [0.2, 0.25) is 11.8 Å². The van der Waals surface area contributed by atoms with Crippen LogP contribution in [0.25, 0.3) is 0 Å². The Morgan fingerprint density at radius 2 is 1.90 bits per heavy atom. The lowest BCUT2D eigenvalue weighted by molar-refractivity contribution is -0.141. The smallest absolute Gasteiger partial charge is 0.410 e. The minimum Gasteiger partial charge on any atom is -0.444 e. The van der Waals surface area contributed by atoms with Crippen LogP contribution in [-0.4, -0.2) is 72.3 Å². The Balaban J connectivity index is 1.23. The average molecular weight is 759 g/mol. The van der Waals surface area contributed by atoms with Gasteiger partial charge in [0.15, 0.2) is 0 Å². The Hall–Kier alpha value is -2.88. The van der Waals surface area contributed by atoms with E-state index in [9.17, 15) is 27.6 Å². The van der Waals surface area contributed by atoms with Crippen LogP contribution in [0, 0.1) is 5.92 Å². The maximum Gasteiger partial charge on any atom is 0.410 e. The largest absolute Gasteiger partial charge is 0.444 e. The summed E-state index contributed by atoms with van der Waals surface area (Å²) < 4.78 is 34.1. The van der Waals surface area contributed by atoms with Gasteiger partial charge in [-0.2, -0.15) is 0 Å². The zero-order chi connectivity index (χ0) is 34.2. The molecule has 5 atom stereocenters. The van der Waals surface area contributed by atoms with Crippen LogP contribution in [0.1, 0.15) is 56.1 Å². The molecule has 2 aromatic rings. The van der Waals surface area contributed by atoms with Crippen LogP contribution >= 0.6 is 46.3 Å². The van der Waals surface area contributed by atoms with Crippen LogP contribution in [0.15, 0.2) is 46.7 Å². The predicted octanol–water partition coefficient (Wildman–Crippen LogP) is 4.49. The molecule has 3 aliphatic heterocycles. The molecule has 2 fully saturated rings. The molecule has 3 N–H and O–H groups in total. The molecule has 258 valence electrons. The Morgan fingerprint density at radius 1 is 1.08 bits per heavy atom. The maximum atomic E-state index is 14.0. The molecule has 0 spiro atoms. The molecule has 1 saturated carbocycles. The molecular formula is C31H34Cl3N5O7S2. The van der Waals surface area contributed by atoms with Crippen molar-refractivity contribution >= 4 is 80.2 Å². The van der Waals surface area contributed by atoms with Gasteiger partial charge in [-0.1, -0.05) is 60.3 Å². The summed E-state index contributed by atoms with van der Waals surface area (Å²) in [4.78, 5) is 60.2. The first-order valence-corrected chi connectivity index (χ1v) is 19.0. The molecule has 0 radical (unpaired) electrons. The minimum atomic E-state index is -4.27. The standard InChI is InChI=1S/C31H34Cl3N5O7S2/c32-22-9-6-7-18-15-38(17-21(18)22)30(43)46-20-13-24-27(40)35-31(29(42)37-48(44,45)26-12-11-25(33)47-26)14-19(31)8-4-2-1-3-5-10-23(36-34)28(41)39(24)16-20/h4,6-9,11-12,19-20,23-24,36H,1-3,5,10,13-17H2,(H,35,40)(H,37,42)/b8-4-/t19-,20-,23+,24+,31-/m1/s1. The van der Waals surface area contributed by atoms with Crippen LogP contribution in [0.3, 0.4) is 0 Å². The number of carbonyl (C=O) groups excluding carboxylic acids is 4. The van der Waals surface area contributed by atoms with E-state index in [1.165, 1.54) is 21.9 Å². The van der Waals surface area contributed by atoms with Gasteiger partial charge in [0.25, 0.3) is 15.9 Å². The molecule has 17 heteroatoms. The lowest BCUT2D eigenvalue weighted by atomic mass is 10.1. The second-order valence-electron chi connectivity index (χ2n) is 12.5. The fourth-order valence-electron chi connectivity index (χ4n) is 6.57. The quantitative estimate of drug-likeness (QED) is 0.298. The third-order valence-corrected chi connectivity index (χ3v) is 12.9. The number of rotatable bonds is 5. The third-order valence-electron chi connectivity index (χ3n) is 9.27. The number of hydrogen-bond donors (Lipinski definition) is 3. The first kappa shape index (κ1) is 35.0. The van der Waals surface area contributed by atoms with Gasteiger partial charge in [-0.3, -0.25) is 19.3 Å². The summed E-state index contributed by atoms with van der Waals surface area (Å²) >= 11 is 19.1. The summed E-state index contributed by atoms with van der Waals surface area (Å²) in [7, 11) is -4.27. The topological polar surface area (TPSA) is 154 Å². The van der Waals surface area contributed by atoms with Crippen LogP contribution < -0.4 is 14.9 Å². The normalized spacial score (nSPS) is 28.3. The summed E-state index contributed by atoms with van der Waals surface area (Å²) in [5.41, 5.74) is 0.169. The summed E-state index contributed by atoms with van der Waals surface area (Å²) in [6, 6.07) is 6.22. The number of carbonyl (C=O) groups is 4. The van der Waals surface area contributed by atoms with E-state index in [4.69, 9.17) is 39.7 Å². The van der Waals surface area contributed by atoms with Gasteiger partial charge in [0, 0.05) is 23.9 Å². The number of benzene rings is 1. The van der Waals surface area contributed by atoms with Crippen LogP contribution in [0.4, 0.5) is 4.79 Å². The monoisotopic (exact) mass is 757 g/mol. The number of halogens is 3. The Morgan fingerprint density at radius 3 is 2.62 bits per heavy atom. The number of ether oxygens (including phenoxy) is 1. The Kier molecular flexibility index (Phi) is 10.3. The van der Waals surface area contributed by atoms with E-state index in [1.54, 1.807) is 6.07 Å². The molecule has 1 aromatic carbocycles. The molecule has 0 bridgehead atoms. The zero-order valence-corrected chi connectivity index (χ0v) is 29.5. The number of nitrogens with one attached hydrogen (secondary N) is 3. The molecule has 1 saturated heterocycles. The maximum absolute atomic E-state index is 14.0. The molecule has 0 unspecified atom stereocenters. The van der Waals surface area contributed by atoms with E-state index in [-0.39, 0.29) is 34.5 Å². The van der Waals surface area contributed by atoms with Crippen molar-refractivity contribution in [2.75, 3.05) is 6.54 Å². The fraction of sp³-hybridized carbons (Fsp3) is 0.484. The number of nitrogens with zero attached hydrogens (tertiary/aromatic N) is 2. The van der Waals surface area contributed by atoms with E-state index in [2.05, 4.69) is 14.9 Å². The molecule has 4 heterocycles. The molecule has 12 nitrogen and oxygen atoms in total. The minimum absolute atomic E-state index is 0.0376. The van der Waals surface area contributed by atoms with E-state index in [0.29, 0.717) is 30.8 Å². The van der Waals surface area contributed by atoms with Crippen molar-refractivity contribution in [1.29, 1.82) is 0 Å². The number of amides is 4. The Labute approximate surface area is 297 Å². The summed E-state index contributed by atoms with van der Waals surface area (Å²) in [5, 5.41) is 3.34. The van der Waals surface area contributed by atoms with E-state index >= 15 is 0 Å². The van der Waals surface area contributed by atoms with Gasteiger partial charge in [-0.15, -0.1) is 11.3 Å². The highest BCUT2D eigenvalue weighted by atomic mass is 35.5. The number of allylic oxidation sites excluding steroid dienone is 1. The summed E-state index contributed by atoms with van der Waals surface area (Å²) in [5.74, 6) is -2.49. The fourth-order valence-corrected chi connectivity index (χ4v) is 9.54. The molecule has 48 heavy (non-hydrogen) atoms. The average Bonchev–Trinajstić information content (AvgIpc) is 3.42. The zero-order valence-electron chi connectivity index (χ0n) is 25.6. The van der Waals surface area contributed by atoms with Crippen molar-refractivity contribution in [2.24, 2.45) is 5.92 Å². The molecule has 4 aliphatic rings. The van der Waals surface area contributed by atoms with Crippen LogP contribution in [0.2, 0.25) is 9.36 Å². The van der Waals surface area contributed by atoms with Crippen LogP contribution in [0.5, 0.6) is 0 Å². The van der Waals surface area contributed by atoms with Gasteiger partial charge in [0.1, 0.15) is 27.9 Å². The van der Waals surface area contributed by atoms with Gasteiger partial charge in [0.05, 0.1) is 17.4 Å². The number of fused-ring (bicyclic) bond motifs is 3.